The maximum Gasteiger partial charge on any atom is 0.338 e. The highest BCUT2D eigenvalue weighted by Gasteiger charge is 2.40. The first-order valence-electron chi connectivity index (χ1n) is 11.2. The summed E-state index contributed by atoms with van der Waals surface area (Å²) >= 11 is 11.8. The van der Waals surface area contributed by atoms with Crippen molar-refractivity contribution in [3.05, 3.63) is 63.6 Å². The van der Waals surface area contributed by atoms with E-state index in [1.165, 1.54) is 48.9 Å². The van der Waals surface area contributed by atoms with E-state index in [0.29, 0.717) is 10.7 Å². The SMILES string of the molecule is O=C(OCC(=O)c1ccc(Cl)cc1Cl)c1ccc(N2C(=O)CC(NC3CCCCC3)C2=O)cc1. The van der Waals surface area contributed by atoms with Gasteiger partial charge in [-0.2, -0.15) is 0 Å². The lowest BCUT2D eigenvalue weighted by Crippen LogP contribution is -2.44. The van der Waals surface area contributed by atoms with Crippen LogP contribution in [0, 0.1) is 0 Å². The monoisotopic (exact) mass is 502 g/mol. The number of esters is 1. The number of amides is 2. The highest BCUT2D eigenvalue weighted by atomic mass is 35.5. The van der Waals surface area contributed by atoms with E-state index in [4.69, 9.17) is 27.9 Å². The highest BCUT2D eigenvalue weighted by molar-refractivity contribution is 6.36. The summed E-state index contributed by atoms with van der Waals surface area (Å²) in [6.45, 7) is -0.487. The van der Waals surface area contributed by atoms with Gasteiger partial charge in [0.05, 0.1) is 28.7 Å². The molecule has 0 bridgehead atoms. The topological polar surface area (TPSA) is 92.8 Å². The lowest BCUT2D eigenvalue weighted by molar-refractivity contribution is -0.121. The molecule has 9 heteroatoms. The van der Waals surface area contributed by atoms with E-state index >= 15 is 0 Å². The summed E-state index contributed by atoms with van der Waals surface area (Å²) in [6.07, 6.45) is 5.62. The van der Waals surface area contributed by atoms with Crippen LogP contribution in [0.4, 0.5) is 5.69 Å². The second-order valence-electron chi connectivity index (χ2n) is 8.50. The van der Waals surface area contributed by atoms with Crippen molar-refractivity contribution in [1.82, 2.24) is 5.32 Å². The lowest BCUT2D eigenvalue weighted by Gasteiger charge is -2.25. The first-order valence-corrected chi connectivity index (χ1v) is 12.0. The third-order valence-electron chi connectivity index (χ3n) is 6.12. The maximum absolute atomic E-state index is 12.9. The number of anilines is 1. The molecule has 34 heavy (non-hydrogen) atoms. The summed E-state index contributed by atoms with van der Waals surface area (Å²) in [5.74, 6) is -1.73. The first kappa shape index (κ1) is 24.4. The van der Waals surface area contributed by atoms with E-state index in [2.05, 4.69) is 5.32 Å². The molecule has 0 aromatic heterocycles. The molecule has 1 saturated heterocycles. The van der Waals surface area contributed by atoms with Crippen LogP contribution in [0.25, 0.3) is 0 Å². The number of nitrogens with one attached hydrogen (secondary N) is 1. The number of hydrogen-bond acceptors (Lipinski definition) is 6. The quantitative estimate of drug-likeness (QED) is 0.338. The molecule has 1 aliphatic heterocycles. The Morgan fingerprint density at radius 3 is 2.38 bits per heavy atom. The zero-order chi connectivity index (χ0) is 24.2. The molecule has 4 rings (SSSR count). The van der Waals surface area contributed by atoms with Gasteiger partial charge in [-0.3, -0.25) is 14.4 Å². The number of hydrogen-bond donors (Lipinski definition) is 1. The highest BCUT2D eigenvalue weighted by Crippen LogP contribution is 2.26. The van der Waals surface area contributed by atoms with Gasteiger partial charge in [-0.05, 0) is 55.3 Å². The summed E-state index contributed by atoms with van der Waals surface area (Å²) in [4.78, 5) is 51.2. The fourth-order valence-electron chi connectivity index (χ4n) is 4.34. The average Bonchev–Trinajstić information content (AvgIpc) is 3.10. The van der Waals surface area contributed by atoms with Crippen molar-refractivity contribution in [3.63, 3.8) is 0 Å². The molecule has 2 aromatic carbocycles. The number of imide groups is 1. The summed E-state index contributed by atoms with van der Waals surface area (Å²) in [5.41, 5.74) is 0.787. The van der Waals surface area contributed by atoms with Crippen LogP contribution in [0.3, 0.4) is 0 Å². The minimum absolute atomic E-state index is 0.120. The third kappa shape index (κ3) is 5.49. The van der Waals surface area contributed by atoms with E-state index in [0.717, 1.165) is 30.6 Å². The molecular weight excluding hydrogens is 479 g/mol. The average molecular weight is 503 g/mol. The zero-order valence-electron chi connectivity index (χ0n) is 18.4. The lowest BCUT2D eigenvalue weighted by atomic mass is 9.95. The number of benzene rings is 2. The molecule has 2 fully saturated rings. The molecule has 1 atom stereocenters. The number of ketones is 1. The van der Waals surface area contributed by atoms with Crippen LogP contribution in [-0.2, 0) is 14.3 Å². The Hall–Kier alpha value is -2.74. The van der Waals surface area contributed by atoms with Gasteiger partial charge in [0.25, 0.3) is 5.91 Å². The minimum Gasteiger partial charge on any atom is -0.454 e. The Bertz CT molecular complexity index is 1110. The van der Waals surface area contributed by atoms with Gasteiger partial charge in [0.1, 0.15) is 0 Å². The predicted molar refractivity (Wildman–Crippen MR) is 128 cm³/mol. The molecule has 1 heterocycles. The predicted octanol–water partition coefficient (Wildman–Crippen LogP) is 4.59. The van der Waals surface area contributed by atoms with Crippen molar-refractivity contribution in [3.8, 4) is 0 Å². The maximum atomic E-state index is 12.9. The Kier molecular flexibility index (Phi) is 7.66. The molecule has 0 spiro atoms. The van der Waals surface area contributed by atoms with Gasteiger partial charge in [-0.25, -0.2) is 9.69 Å². The van der Waals surface area contributed by atoms with E-state index in [9.17, 15) is 19.2 Å². The van der Waals surface area contributed by atoms with Gasteiger partial charge < -0.3 is 10.1 Å². The van der Waals surface area contributed by atoms with Gasteiger partial charge in [0.15, 0.2) is 6.61 Å². The number of nitrogens with zero attached hydrogens (tertiary/aromatic N) is 1. The van der Waals surface area contributed by atoms with Gasteiger partial charge in [0.2, 0.25) is 11.7 Å². The molecule has 1 saturated carbocycles. The van der Waals surface area contributed by atoms with Crippen LogP contribution in [0.1, 0.15) is 59.2 Å². The van der Waals surface area contributed by atoms with E-state index in [-0.39, 0.29) is 40.4 Å². The second kappa shape index (κ2) is 10.7. The Morgan fingerprint density at radius 1 is 1.00 bits per heavy atom. The van der Waals surface area contributed by atoms with E-state index in [1.807, 2.05) is 0 Å². The summed E-state index contributed by atoms with van der Waals surface area (Å²) in [5, 5.41) is 3.91. The Balaban J connectivity index is 1.35. The number of ether oxygens (including phenoxy) is 1. The molecule has 2 amide bonds. The van der Waals surface area contributed by atoms with Crippen molar-refractivity contribution in [2.45, 2.75) is 50.6 Å². The Labute approximate surface area is 207 Å². The zero-order valence-corrected chi connectivity index (χ0v) is 19.9. The molecule has 1 N–H and O–H groups in total. The van der Waals surface area contributed by atoms with Gasteiger partial charge in [-0.1, -0.05) is 42.5 Å². The van der Waals surface area contributed by atoms with Crippen molar-refractivity contribution in [1.29, 1.82) is 0 Å². The van der Waals surface area contributed by atoms with Crippen LogP contribution < -0.4 is 10.2 Å². The van der Waals surface area contributed by atoms with Crippen LogP contribution in [-0.4, -0.2) is 42.3 Å². The molecule has 0 radical (unpaired) electrons. The molecular formula is C25H24Cl2N2O5. The van der Waals surface area contributed by atoms with Gasteiger partial charge >= 0.3 is 5.97 Å². The third-order valence-corrected chi connectivity index (χ3v) is 6.66. The van der Waals surface area contributed by atoms with Gasteiger partial charge in [-0.15, -0.1) is 0 Å². The number of rotatable bonds is 7. The molecule has 178 valence electrons. The molecule has 1 aliphatic carbocycles. The van der Waals surface area contributed by atoms with Gasteiger partial charge in [0, 0.05) is 16.6 Å². The van der Waals surface area contributed by atoms with Crippen LogP contribution in [0.2, 0.25) is 10.0 Å². The molecule has 7 nitrogen and oxygen atoms in total. The van der Waals surface area contributed by atoms with E-state index < -0.39 is 24.4 Å². The van der Waals surface area contributed by atoms with Crippen molar-refractivity contribution < 1.29 is 23.9 Å². The van der Waals surface area contributed by atoms with Crippen LogP contribution in [0.5, 0.6) is 0 Å². The summed E-state index contributed by atoms with van der Waals surface area (Å²) < 4.78 is 5.10. The number of halogens is 2. The van der Waals surface area contributed by atoms with Crippen molar-refractivity contribution in [2.24, 2.45) is 0 Å². The Morgan fingerprint density at radius 2 is 1.71 bits per heavy atom. The fourth-order valence-corrected chi connectivity index (χ4v) is 4.86. The number of Topliss-reactive ketones (excluding diaryl/α,β-unsaturated/α-hetero) is 1. The smallest absolute Gasteiger partial charge is 0.338 e. The minimum atomic E-state index is -0.707. The van der Waals surface area contributed by atoms with E-state index in [1.54, 1.807) is 0 Å². The van der Waals surface area contributed by atoms with Crippen LogP contribution >= 0.6 is 23.2 Å². The van der Waals surface area contributed by atoms with Crippen molar-refractivity contribution in [2.75, 3.05) is 11.5 Å². The standard InChI is InChI=1S/C25H24Cl2N2O5/c26-16-8-11-19(20(27)12-16)22(30)14-34-25(33)15-6-9-18(10-7-15)29-23(31)13-21(24(29)32)28-17-4-2-1-3-5-17/h6-12,17,21,28H,1-5,13-14H2. The summed E-state index contributed by atoms with van der Waals surface area (Å²) in [6, 6.07) is 10.1. The number of carbonyl (C=O) groups is 4. The number of carbonyl (C=O) groups excluding carboxylic acids is 4. The van der Waals surface area contributed by atoms with Crippen molar-refractivity contribution >= 4 is 52.5 Å². The first-order chi connectivity index (χ1) is 16.3. The fraction of sp³-hybridized carbons (Fsp3) is 0.360. The largest absolute Gasteiger partial charge is 0.454 e. The molecule has 2 aromatic rings. The van der Waals surface area contributed by atoms with Crippen LogP contribution in [0.15, 0.2) is 42.5 Å². The molecule has 1 unspecified atom stereocenters. The second-order valence-corrected chi connectivity index (χ2v) is 9.34. The normalized spacial score (nSPS) is 18.9. The molecule has 2 aliphatic rings. The summed E-state index contributed by atoms with van der Waals surface area (Å²) in [7, 11) is 0.